The van der Waals surface area contributed by atoms with Crippen molar-refractivity contribution in [1.82, 2.24) is 10.2 Å². The van der Waals surface area contributed by atoms with Crippen molar-refractivity contribution in [3.05, 3.63) is 77.7 Å². The van der Waals surface area contributed by atoms with Crippen LogP contribution in [0.15, 0.2) is 60.7 Å². The van der Waals surface area contributed by atoms with E-state index in [0.29, 0.717) is 17.8 Å². The number of halogens is 4. The van der Waals surface area contributed by atoms with Crippen LogP contribution in [0.25, 0.3) is 0 Å². The maximum absolute atomic E-state index is 13.3. The highest BCUT2D eigenvalue weighted by Crippen LogP contribution is 2.34. The summed E-state index contributed by atoms with van der Waals surface area (Å²) < 4.78 is 56.6. The van der Waals surface area contributed by atoms with Gasteiger partial charge in [0.1, 0.15) is 11.6 Å². The van der Waals surface area contributed by atoms with E-state index in [1.807, 2.05) is 0 Å². The van der Waals surface area contributed by atoms with Crippen molar-refractivity contribution in [1.29, 1.82) is 0 Å². The molecule has 138 valence electrons. The van der Waals surface area contributed by atoms with Gasteiger partial charge in [-0.05, 0) is 36.4 Å². The molecule has 0 atom stereocenters. The van der Waals surface area contributed by atoms with Gasteiger partial charge in [0.25, 0.3) is 5.91 Å². The molecule has 0 spiro atoms. The van der Waals surface area contributed by atoms with Crippen LogP contribution in [0.5, 0.6) is 11.6 Å². The Balaban J connectivity index is 1.72. The molecule has 0 aliphatic carbocycles. The molecule has 1 amide bonds. The Labute approximate surface area is 150 Å². The molecule has 0 saturated heterocycles. The Morgan fingerprint density at radius 1 is 0.963 bits per heavy atom. The highest BCUT2D eigenvalue weighted by molar-refractivity contribution is 6.02. The van der Waals surface area contributed by atoms with E-state index < -0.39 is 23.5 Å². The molecule has 1 aromatic heterocycles. The Hall–Kier alpha value is -3.49. The van der Waals surface area contributed by atoms with E-state index in [0.717, 1.165) is 6.07 Å². The summed E-state index contributed by atoms with van der Waals surface area (Å²) in [7, 11) is 0. The molecule has 0 aliphatic heterocycles. The first kappa shape index (κ1) is 18.3. The minimum Gasteiger partial charge on any atom is -0.438 e. The molecule has 3 aromatic rings. The zero-order valence-corrected chi connectivity index (χ0v) is 13.5. The van der Waals surface area contributed by atoms with E-state index in [1.54, 1.807) is 30.3 Å². The molecule has 0 aliphatic rings. The molecule has 0 radical (unpaired) electrons. The van der Waals surface area contributed by atoms with E-state index >= 15 is 0 Å². The predicted octanol–water partition coefficient (Wildman–Crippen LogP) is 4.68. The first-order valence-corrected chi connectivity index (χ1v) is 7.57. The first-order chi connectivity index (χ1) is 12.8. The average Bonchev–Trinajstić information content (AvgIpc) is 2.64. The summed E-state index contributed by atoms with van der Waals surface area (Å²) in [5.74, 6) is -2.33. The number of rotatable bonds is 4. The van der Waals surface area contributed by atoms with Crippen molar-refractivity contribution in [3.63, 3.8) is 0 Å². The van der Waals surface area contributed by atoms with Crippen LogP contribution in [0, 0.1) is 5.82 Å². The summed E-state index contributed by atoms with van der Waals surface area (Å²) in [6.07, 6.45) is -4.85. The third kappa shape index (κ3) is 4.57. The number of nitrogens with zero attached hydrogens (tertiary/aromatic N) is 2. The second-order valence-electron chi connectivity index (χ2n) is 5.32. The first-order valence-electron chi connectivity index (χ1n) is 7.57. The maximum atomic E-state index is 13.3. The van der Waals surface area contributed by atoms with Crippen molar-refractivity contribution in [2.45, 2.75) is 6.18 Å². The fourth-order valence-corrected chi connectivity index (χ4v) is 2.12. The summed E-state index contributed by atoms with van der Waals surface area (Å²) in [5.41, 5.74) is -0.899. The molecule has 27 heavy (non-hydrogen) atoms. The van der Waals surface area contributed by atoms with Gasteiger partial charge in [0.05, 0.1) is 5.56 Å². The Morgan fingerprint density at radius 2 is 1.70 bits per heavy atom. The number of carbonyl (C=O) groups excluding carboxylic acids is 1. The number of benzene rings is 2. The topological polar surface area (TPSA) is 64.1 Å². The number of ether oxygens (including phenoxy) is 1. The van der Waals surface area contributed by atoms with Gasteiger partial charge in [0, 0.05) is 11.8 Å². The van der Waals surface area contributed by atoms with Gasteiger partial charge in [-0.25, -0.2) is 4.39 Å². The molecule has 3 rings (SSSR count). The standard InChI is InChI=1S/C18H11F4N3O2/c19-14-7-6-12(10-13(14)18(20,21)22)27-16-9-8-15(24-25-16)17(26)23-11-4-2-1-3-5-11/h1-10H,(H,23,26). The van der Waals surface area contributed by atoms with E-state index in [4.69, 9.17) is 4.74 Å². The maximum Gasteiger partial charge on any atom is 0.419 e. The highest BCUT2D eigenvalue weighted by Gasteiger charge is 2.34. The van der Waals surface area contributed by atoms with E-state index in [-0.39, 0.29) is 17.3 Å². The SMILES string of the molecule is O=C(Nc1ccccc1)c1ccc(Oc2ccc(F)c(C(F)(F)F)c2)nn1. The van der Waals surface area contributed by atoms with Crippen molar-refractivity contribution in [2.24, 2.45) is 0 Å². The van der Waals surface area contributed by atoms with Crippen LogP contribution >= 0.6 is 0 Å². The number of anilines is 1. The Bertz CT molecular complexity index is 945. The van der Waals surface area contributed by atoms with Gasteiger partial charge in [-0.3, -0.25) is 4.79 Å². The normalized spacial score (nSPS) is 11.1. The molecule has 1 heterocycles. The second-order valence-corrected chi connectivity index (χ2v) is 5.32. The number of nitrogens with one attached hydrogen (secondary N) is 1. The average molecular weight is 377 g/mol. The minimum absolute atomic E-state index is 0.0127. The number of amides is 1. The molecule has 0 fully saturated rings. The van der Waals surface area contributed by atoms with Crippen molar-refractivity contribution >= 4 is 11.6 Å². The molecule has 0 bridgehead atoms. The van der Waals surface area contributed by atoms with Gasteiger partial charge < -0.3 is 10.1 Å². The molecule has 0 unspecified atom stereocenters. The number of hydrogen-bond acceptors (Lipinski definition) is 4. The lowest BCUT2D eigenvalue weighted by Crippen LogP contribution is -2.14. The van der Waals surface area contributed by atoms with Gasteiger partial charge >= 0.3 is 6.18 Å². The van der Waals surface area contributed by atoms with Crippen LogP contribution in [0.4, 0.5) is 23.2 Å². The fraction of sp³-hybridized carbons (Fsp3) is 0.0556. The number of aromatic nitrogens is 2. The zero-order chi connectivity index (χ0) is 19.4. The van der Waals surface area contributed by atoms with Crippen LogP contribution in [-0.2, 0) is 6.18 Å². The number of carbonyl (C=O) groups is 1. The van der Waals surface area contributed by atoms with Crippen molar-refractivity contribution in [3.8, 4) is 11.6 Å². The monoisotopic (exact) mass is 377 g/mol. The van der Waals surface area contributed by atoms with E-state index in [1.165, 1.54) is 12.1 Å². The molecular weight excluding hydrogens is 366 g/mol. The lowest BCUT2D eigenvalue weighted by atomic mass is 10.2. The lowest BCUT2D eigenvalue weighted by molar-refractivity contribution is -0.140. The van der Waals surface area contributed by atoms with Gasteiger partial charge in [-0.15, -0.1) is 10.2 Å². The molecule has 0 saturated carbocycles. The number of para-hydroxylation sites is 1. The minimum atomic E-state index is -4.85. The second kappa shape index (κ2) is 7.40. The molecular formula is C18H11F4N3O2. The molecule has 1 N–H and O–H groups in total. The third-order valence-electron chi connectivity index (χ3n) is 3.37. The molecule has 5 nitrogen and oxygen atoms in total. The summed E-state index contributed by atoms with van der Waals surface area (Å²) in [4.78, 5) is 12.1. The Morgan fingerprint density at radius 3 is 2.33 bits per heavy atom. The van der Waals surface area contributed by atoms with E-state index in [2.05, 4.69) is 15.5 Å². The fourth-order valence-electron chi connectivity index (χ4n) is 2.12. The van der Waals surface area contributed by atoms with E-state index in [9.17, 15) is 22.4 Å². The van der Waals surface area contributed by atoms with Crippen LogP contribution in [0.3, 0.4) is 0 Å². The quantitative estimate of drug-likeness (QED) is 0.671. The highest BCUT2D eigenvalue weighted by atomic mass is 19.4. The molecule has 2 aromatic carbocycles. The van der Waals surface area contributed by atoms with Gasteiger partial charge in [0.15, 0.2) is 5.69 Å². The van der Waals surface area contributed by atoms with Crippen LogP contribution in [0.2, 0.25) is 0 Å². The van der Waals surface area contributed by atoms with Gasteiger partial charge in [0.2, 0.25) is 5.88 Å². The number of hydrogen-bond donors (Lipinski definition) is 1. The largest absolute Gasteiger partial charge is 0.438 e. The lowest BCUT2D eigenvalue weighted by Gasteiger charge is -2.10. The van der Waals surface area contributed by atoms with Crippen LogP contribution in [0.1, 0.15) is 16.1 Å². The van der Waals surface area contributed by atoms with Gasteiger partial charge in [-0.2, -0.15) is 13.2 Å². The predicted molar refractivity (Wildman–Crippen MR) is 87.9 cm³/mol. The number of alkyl halides is 3. The van der Waals surface area contributed by atoms with Crippen LogP contribution in [-0.4, -0.2) is 16.1 Å². The van der Waals surface area contributed by atoms with Gasteiger partial charge in [-0.1, -0.05) is 18.2 Å². The summed E-state index contributed by atoms with van der Waals surface area (Å²) >= 11 is 0. The third-order valence-corrected chi connectivity index (χ3v) is 3.37. The summed E-state index contributed by atoms with van der Waals surface area (Å²) in [6, 6.07) is 13.4. The smallest absolute Gasteiger partial charge is 0.419 e. The van der Waals surface area contributed by atoms with Crippen molar-refractivity contribution in [2.75, 3.05) is 5.32 Å². The zero-order valence-electron chi connectivity index (χ0n) is 13.5. The van der Waals surface area contributed by atoms with Crippen LogP contribution < -0.4 is 10.1 Å². The van der Waals surface area contributed by atoms with Crippen molar-refractivity contribution < 1.29 is 27.1 Å². The summed E-state index contributed by atoms with van der Waals surface area (Å²) in [5, 5.41) is 9.93. The Kier molecular flexibility index (Phi) is 5.02. The molecule has 9 heteroatoms. The summed E-state index contributed by atoms with van der Waals surface area (Å²) in [6.45, 7) is 0.